The molecule has 38 heavy (non-hydrogen) atoms. The third-order valence-electron chi connectivity index (χ3n) is 5.60. The molecule has 0 amide bonds. The Morgan fingerprint density at radius 2 is 1.97 bits per heavy atom. The van der Waals surface area contributed by atoms with Crippen molar-refractivity contribution in [2.24, 2.45) is 0 Å². The van der Waals surface area contributed by atoms with Crippen LogP contribution in [0.4, 0.5) is 4.39 Å². The van der Waals surface area contributed by atoms with Crippen LogP contribution in [0.1, 0.15) is 28.1 Å². The zero-order valence-electron chi connectivity index (χ0n) is 20.2. The number of aliphatic hydroxyl groups excluding tert-OH is 2. The minimum Gasteiger partial charge on any atom is -0.453 e. The minimum atomic E-state index is -0.812. The molecule has 196 valence electrons. The zero-order valence-corrected chi connectivity index (χ0v) is 21.7. The van der Waals surface area contributed by atoms with Crippen molar-refractivity contribution in [2.45, 2.75) is 26.0 Å². The highest BCUT2D eigenvalue weighted by Gasteiger charge is 2.19. The van der Waals surface area contributed by atoms with Crippen molar-refractivity contribution in [1.82, 2.24) is 15.5 Å². The summed E-state index contributed by atoms with van der Waals surface area (Å²) in [5, 5.41) is 39.1. The number of benzene rings is 3. The monoisotopic (exact) mass is 556 g/mol. The molecular formula is C27H23Cl2FN4O4. The molecule has 8 nitrogen and oxygen atoms in total. The number of aromatic nitrogens is 2. The number of aliphatic hydroxyl groups is 2. The molecule has 0 bridgehead atoms. The molecule has 3 aromatic carbocycles. The fourth-order valence-electron chi connectivity index (χ4n) is 3.73. The molecule has 0 aliphatic heterocycles. The average Bonchev–Trinajstić information content (AvgIpc) is 3.36. The van der Waals surface area contributed by atoms with E-state index in [0.29, 0.717) is 12.4 Å². The van der Waals surface area contributed by atoms with E-state index in [1.807, 2.05) is 31.2 Å². The number of halogens is 3. The molecule has 0 aliphatic rings. The first-order valence-electron chi connectivity index (χ1n) is 11.5. The first kappa shape index (κ1) is 27.5. The molecule has 11 heteroatoms. The van der Waals surface area contributed by atoms with Crippen LogP contribution in [0.3, 0.4) is 0 Å². The van der Waals surface area contributed by atoms with Gasteiger partial charge in [0, 0.05) is 29.2 Å². The highest BCUT2D eigenvalue weighted by molar-refractivity contribution is 6.32. The van der Waals surface area contributed by atoms with Crippen LogP contribution < -0.4 is 10.1 Å². The van der Waals surface area contributed by atoms with E-state index >= 15 is 4.39 Å². The Labute approximate surface area is 228 Å². The maximum absolute atomic E-state index is 15.4. The van der Waals surface area contributed by atoms with E-state index in [-0.39, 0.29) is 58.1 Å². The van der Waals surface area contributed by atoms with Gasteiger partial charge in [0.05, 0.1) is 35.8 Å². The fourth-order valence-corrected chi connectivity index (χ4v) is 4.14. The molecule has 1 unspecified atom stereocenters. The van der Waals surface area contributed by atoms with Crippen LogP contribution in [0.5, 0.6) is 11.5 Å². The third kappa shape index (κ3) is 6.67. The van der Waals surface area contributed by atoms with Crippen LogP contribution in [0.2, 0.25) is 10.0 Å². The van der Waals surface area contributed by atoms with Crippen LogP contribution in [0.15, 0.2) is 52.9 Å². The predicted octanol–water partition coefficient (Wildman–Crippen LogP) is 5.19. The summed E-state index contributed by atoms with van der Waals surface area (Å²) in [7, 11) is 0. The lowest BCUT2D eigenvalue weighted by molar-refractivity contribution is 0.0942. The number of nitriles is 1. The van der Waals surface area contributed by atoms with Crippen LogP contribution in [0.25, 0.3) is 11.5 Å². The molecule has 1 heterocycles. The van der Waals surface area contributed by atoms with Gasteiger partial charge in [-0.15, -0.1) is 10.2 Å². The largest absolute Gasteiger partial charge is 0.453 e. The number of aryl methyl sites for hydroxylation is 1. The zero-order chi connectivity index (χ0) is 27.2. The highest BCUT2D eigenvalue weighted by Crippen LogP contribution is 2.36. The SMILES string of the molecule is Cc1cc(CNCC(O)CO)ccc1-c1nnc(Cc2ccc(Cl)c(Oc3cc(Cl)cc(C#N)c3)c2F)o1. The quantitative estimate of drug-likeness (QED) is 0.244. The first-order chi connectivity index (χ1) is 18.3. The molecule has 3 N–H and O–H groups in total. The van der Waals surface area contributed by atoms with Gasteiger partial charge in [0.2, 0.25) is 11.8 Å². The smallest absolute Gasteiger partial charge is 0.248 e. The van der Waals surface area contributed by atoms with E-state index in [1.165, 1.54) is 30.3 Å². The predicted molar refractivity (Wildman–Crippen MR) is 140 cm³/mol. The Balaban J connectivity index is 1.50. The first-order valence-corrected chi connectivity index (χ1v) is 12.3. The summed E-state index contributed by atoms with van der Waals surface area (Å²) in [5.74, 6) is -0.242. The summed E-state index contributed by atoms with van der Waals surface area (Å²) in [6.07, 6.45) is -0.812. The van der Waals surface area contributed by atoms with Gasteiger partial charge in [-0.25, -0.2) is 4.39 Å². The minimum absolute atomic E-state index is 0.000408. The van der Waals surface area contributed by atoms with E-state index in [2.05, 4.69) is 15.5 Å². The van der Waals surface area contributed by atoms with E-state index in [9.17, 15) is 5.11 Å². The summed E-state index contributed by atoms with van der Waals surface area (Å²) in [5.41, 5.74) is 3.10. The summed E-state index contributed by atoms with van der Waals surface area (Å²) in [6, 6.07) is 15.0. The van der Waals surface area contributed by atoms with Crippen molar-refractivity contribution in [2.75, 3.05) is 13.2 Å². The Hall–Kier alpha value is -3.52. The Morgan fingerprint density at radius 1 is 1.16 bits per heavy atom. The number of nitrogens with one attached hydrogen (secondary N) is 1. The van der Waals surface area contributed by atoms with Gasteiger partial charge in [0.25, 0.3) is 0 Å². The van der Waals surface area contributed by atoms with Gasteiger partial charge in [-0.05, 0) is 48.4 Å². The average molecular weight is 557 g/mol. The summed E-state index contributed by atoms with van der Waals surface area (Å²) in [4.78, 5) is 0. The lowest BCUT2D eigenvalue weighted by Crippen LogP contribution is -2.28. The molecular weight excluding hydrogens is 534 g/mol. The van der Waals surface area contributed by atoms with Crippen LogP contribution >= 0.6 is 23.2 Å². The highest BCUT2D eigenvalue weighted by atomic mass is 35.5. The van der Waals surface area contributed by atoms with Crippen molar-refractivity contribution in [3.8, 4) is 29.0 Å². The Bertz CT molecular complexity index is 1490. The van der Waals surface area contributed by atoms with Crippen LogP contribution in [-0.4, -0.2) is 39.7 Å². The second kappa shape index (κ2) is 12.3. The molecule has 4 aromatic rings. The molecule has 0 aliphatic carbocycles. The van der Waals surface area contributed by atoms with E-state index in [4.69, 9.17) is 42.7 Å². The van der Waals surface area contributed by atoms with Gasteiger partial charge in [0.1, 0.15) is 5.75 Å². The molecule has 0 radical (unpaired) electrons. The Morgan fingerprint density at radius 3 is 2.71 bits per heavy atom. The van der Waals surface area contributed by atoms with Gasteiger partial charge in [0.15, 0.2) is 11.6 Å². The molecule has 1 atom stereocenters. The lowest BCUT2D eigenvalue weighted by atomic mass is 10.0. The number of nitrogens with zero attached hydrogens (tertiary/aromatic N) is 3. The van der Waals surface area contributed by atoms with Crippen molar-refractivity contribution >= 4 is 23.2 Å². The molecule has 0 spiro atoms. The molecule has 1 aromatic heterocycles. The van der Waals surface area contributed by atoms with Crippen LogP contribution in [0, 0.1) is 24.1 Å². The lowest BCUT2D eigenvalue weighted by Gasteiger charge is -2.12. The van der Waals surface area contributed by atoms with Crippen molar-refractivity contribution in [3.05, 3.63) is 92.5 Å². The van der Waals surface area contributed by atoms with Gasteiger partial charge >= 0.3 is 0 Å². The maximum Gasteiger partial charge on any atom is 0.248 e. The van der Waals surface area contributed by atoms with Gasteiger partial charge in [-0.2, -0.15) is 5.26 Å². The van der Waals surface area contributed by atoms with E-state index < -0.39 is 11.9 Å². The molecule has 0 saturated carbocycles. The van der Waals surface area contributed by atoms with Crippen molar-refractivity contribution in [1.29, 1.82) is 5.26 Å². The van der Waals surface area contributed by atoms with Crippen LogP contribution in [-0.2, 0) is 13.0 Å². The number of hydrogen-bond donors (Lipinski definition) is 3. The normalized spacial score (nSPS) is 11.8. The second-order valence-electron chi connectivity index (χ2n) is 8.53. The maximum atomic E-state index is 15.4. The molecule has 0 saturated heterocycles. The number of rotatable bonds is 10. The second-order valence-corrected chi connectivity index (χ2v) is 9.38. The van der Waals surface area contributed by atoms with Crippen molar-refractivity contribution in [3.63, 3.8) is 0 Å². The van der Waals surface area contributed by atoms with Crippen molar-refractivity contribution < 1.29 is 23.8 Å². The molecule has 0 fully saturated rings. The summed E-state index contributed by atoms with van der Waals surface area (Å²) in [6.45, 7) is 2.39. The van der Waals surface area contributed by atoms with E-state index in [1.54, 1.807) is 0 Å². The summed E-state index contributed by atoms with van der Waals surface area (Å²) < 4.78 is 26.8. The standard InChI is InChI=1S/C27H23Cl2FN4O4/c1-15-6-16(12-32-13-20(36)14-35)2-4-22(15)27-34-33-24(38-27)9-18-3-5-23(29)26(25(18)30)37-21-8-17(11-31)7-19(28)10-21/h2-8,10,20,32,35-36H,9,12-14H2,1H3. The fraction of sp³-hybridized carbons (Fsp3) is 0.222. The topological polar surface area (TPSA) is 124 Å². The molecule has 4 rings (SSSR count). The number of hydrogen-bond acceptors (Lipinski definition) is 8. The number of ether oxygens (including phenoxy) is 1. The Kier molecular flexibility index (Phi) is 8.94. The van der Waals surface area contributed by atoms with Gasteiger partial charge < -0.3 is 24.7 Å². The summed E-state index contributed by atoms with van der Waals surface area (Å²) >= 11 is 12.2. The third-order valence-corrected chi connectivity index (χ3v) is 6.11. The van der Waals surface area contributed by atoms with Gasteiger partial charge in [-0.3, -0.25) is 0 Å². The van der Waals surface area contributed by atoms with E-state index in [0.717, 1.165) is 16.7 Å². The van der Waals surface area contributed by atoms with Gasteiger partial charge in [-0.1, -0.05) is 41.4 Å².